The second-order valence-corrected chi connectivity index (χ2v) is 10.4. The smallest absolute Gasteiger partial charge is 0.162 e. The van der Waals surface area contributed by atoms with E-state index in [2.05, 4.69) is 51.8 Å². The third-order valence-electron chi connectivity index (χ3n) is 4.19. The molecule has 2 rings (SSSR count). The number of carbonyl (C=O) groups excluding carboxylic acids is 1. The van der Waals surface area contributed by atoms with Crippen LogP contribution in [0.3, 0.4) is 0 Å². The summed E-state index contributed by atoms with van der Waals surface area (Å²) in [6.07, 6.45) is 10.1. The van der Waals surface area contributed by atoms with Gasteiger partial charge in [-0.25, -0.2) is 4.98 Å². The van der Waals surface area contributed by atoms with E-state index in [-0.39, 0.29) is 0 Å². The van der Waals surface area contributed by atoms with Crippen molar-refractivity contribution >= 4 is 45.6 Å². The van der Waals surface area contributed by atoms with E-state index in [1.165, 1.54) is 24.2 Å². The maximum atomic E-state index is 11.5. The summed E-state index contributed by atoms with van der Waals surface area (Å²) in [5.41, 5.74) is 2.35. The van der Waals surface area contributed by atoms with Gasteiger partial charge in [-0.15, -0.1) is 11.3 Å². The van der Waals surface area contributed by atoms with Crippen LogP contribution in [-0.4, -0.2) is 37.7 Å². The summed E-state index contributed by atoms with van der Waals surface area (Å²) in [7, 11) is 3.99. The Hall–Kier alpha value is -1.95. The van der Waals surface area contributed by atoms with Crippen LogP contribution in [0.2, 0.25) is 0 Å². The van der Waals surface area contributed by atoms with Gasteiger partial charge in [0.05, 0.1) is 34.0 Å². The molecule has 0 bridgehead atoms. The summed E-state index contributed by atoms with van der Waals surface area (Å²) >= 11 is 1.41. The summed E-state index contributed by atoms with van der Waals surface area (Å²) < 4.78 is 0. The van der Waals surface area contributed by atoms with E-state index in [0.717, 1.165) is 47.1 Å². The Balaban J connectivity index is 0.000000804. The molecular weight excluding hydrogens is 392 g/mol. The number of unbranched alkanes of at least 4 members (excludes halogenated alkanes) is 1. The van der Waals surface area contributed by atoms with Gasteiger partial charge in [-0.2, -0.15) is 0 Å². The van der Waals surface area contributed by atoms with E-state index in [0.29, 0.717) is 16.3 Å². The molecule has 2 heterocycles. The number of hydrogen-bond donors (Lipinski definition) is 1. The number of carbonyl (C=O) groups is 1. The summed E-state index contributed by atoms with van der Waals surface area (Å²) in [4.78, 5) is 24.2. The highest BCUT2D eigenvalue weighted by Gasteiger charge is 2.16. The lowest BCUT2D eigenvalue weighted by molar-refractivity contribution is 0.112. The molecule has 2 aromatic rings. The maximum absolute atomic E-state index is 11.5. The summed E-state index contributed by atoms with van der Waals surface area (Å²) in [5.74, 6) is 0. The molecule has 0 saturated carbocycles. The van der Waals surface area contributed by atoms with E-state index >= 15 is 0 Å². The molecule has 6 heteroatoms. The molecule has 30 heavy (non-hydrogen) atoms. The van der Waals surface area contributed by atoms with Crippen LogP contribution in [0.25, 0.3) is 10.2 Å². The van der Waals surface area contributed by atoms with Gasteiger partial charge in [-0.3, -0.25) is 9.79 Å². The summed E-state index contributed by atoms with van der Waals surface area (Å²) in [6.45, 7) is 13.1. The highest BCUT2D eigenvalue weighted by atomic mass is 32.1. The van der Waals surface area contributed by atoms with Gasteiger partial charge in [-0.05, 0) is 24.3 Å². The number of fused-ring (bicyclic) bond motifs is 1. The van der Waals surface area contributed by atoms with Gasteiger partial charge in [0.25, 0.3) is 0 Å². The van der Waals surface area contributed by atoms with Crippen molar-refractivity contribution in [3.8, 4) is 0 Å². The monoisotopic (exact) mass is 432 g/mol. The quantitative estimate of drug-likeness (QED) is 0.249. The standard InChI is InChI=1S/C19H28N4OS.C5H12/c1-5-7-9-14(8-6-2)21-13-22-18-16(12-24)25-19-17(18)15(23(3)4)10-11-20-19;1-5(2,3)4/h10-14H,5-9H2,1-4H3,(H,21,22);1-4H3. The van der Waals surface area contributed by atoms with E-state index in [4.69, 9.17) is 4.99 Å². The lowest BCUT2D eigenvalue weighted by atomic mass is 10.0. The molecule has 5 nitrogen and oxygen atoms in total. The largest absolute Gasteiger partial charge is 0.377 e. The second-order valence-electron chi connectivity index (χ2n) is 9.37. The molecular formula is C24H40N4OS. The number of rotatable bonds is 10. The van der Waals surface area contributed by atoms with Crippen LogP contribution in [0.5, 0.6) is 0 Å². The van der Waals surface area contributed by atoms with Gasteiger partial charge in [0.15, 0.2) is 6.29 Å². The highest BCUT2D eigenvalue weighted by molar-refractivity contribution is 7.21. The van der Waals surface area contributed by atoms with Gasteiger partial charge in [-0.1, -0.05) is 60.8 Å². The molecule has 0 aliphatic heterocycles. The molecule has 0 radical (unpaired) electrons. The number of aldehydes is 1. The van der Waals surface area contributed by atoms with Crippen LogP contribution in [0, 0.1) is 5.41 Å². The number of nitrogens with one attached hydrogen (secondary N) is 1. The lowest BCUT2D eigenvalue weighted by Crippen LogP contribution is -2.10. The van der Waals surface area contributed by atoms with Crippen LogP contribution in [-0.2, 0) is 0 Å². The molecule has 0 aliphatic carbocycles. The van der Waals surface area contributed by atoms with Crippen LogP contribution in [0.15, 0.2) is 17.3 Å². The summed E-state index contributed by atoms with van der Waals surface area (Å²) in [6, 6.07) is 2.31. The minimum Gasteiger partial charge on any atom is -0.377 e. The Bertz CT molecular complexity index is 799. The molecule has 2 aromatic heterocycles. The summed E-state index contributed by atoms with van der Waals surface area (Å²) in [5, 5.41) is 4.25. The number of thiophene rings is 1. The van der Waals surface area contributed by atoms with Crippen LogP contribution in [0.1, 0.15) is 83.3 Å². The van der Waals surface area contributed by atoms with Gasteiger partial charge in [0.1, 0.15) is 4.83 Å². The minimum absolute atomic E-state index is 0.341. The molecule has 0 saturated heterocycles. The predicted molar refractivity (Wildman–Crippen MR) is 135 cm³/mol. The molecule has 0 amide bonds. The first-order chi connectivity index (χ1) is 14.1. The second kappa shape index (κ2) is 12.7. The zero-order valence-electron chi connectivity index (χ0n) is 20.1. The van der Waals surface area contributed by atoms with E-state index < -0.39 is 0 Å². The Morgan fingerprint density at radius 1 is 1.20 bits per heavy atom. The number of aliphatic imine (C=N–C) groups is 1. The number of pyridine rings is 1. The molecule has 168 valence electrons. The average Bonchev–Trinajstić information content (AvgIpc) is 3.02. The zero-order valence-corrected chi connectivity index (χ0v) is 20.9. The van der Waals surface area contributed by atoms with E-state index in [1.54, 1.807) is 12.5 Å². The fourth-order valence-electron chi connectivity index (χ4n) is 2.90. The molecule has 1 N–H and O–H groups in total. The van der Waals surface area contributed by atoms with Crippen LogP contribution >= 0.6 is 11.3 Å². The maximum Gasteiger partial charge on any atom is 0.162 e. The van der Waals surface area contributed by atoms with Crippen LogP contribution < -0.4 is 10.2 Å². The molecule has 0 aliphatic rings. The molecule has 1 unspecified atom stereocenters. The fraction of sp³-hybridized carbons (Fsp3) is 0.625. The van der Waals surface area contributed by atoms with Crippen molar-refractivity contribution < 1.29 is 4.79 Å². The van der Waals surface area contributed by atoms with Gasteiger partial charge in [0.2, 0.25) is 0 Å². The van der Waals surface area contributed by atoms with Gasteiger partial charge >= 0.3 is 0 Å². The SMILES string of the molecule is CC(C)(C)C.CCCCC(CCC)N=CNc1c(C=O)sc2nccc(N(C)C)c12. The molecule has 0 aromatic carbocycles. The van der Waals surface area contributed by atoms with E-state index in [1.807, 2.05) is 25.1 Å². The van der Waals surface area contributed by atoms with Gasteiger partial charge < -0.3 is 10.2 Å². The number of anilines is 2. The number of nitrogens with zero attached hydrogens (tertiary/aromatic N) is 3. The van der Waals surface area contributed by atoms with Crippen molar-refractivity contribution in [1.82, 2.24) is 4.98 Å². The Kier molecular flexibility index (Phi) is 11.0. The Morgan fingerprint density at radius 2 is 1.87 bits per heavy atom. The zero-order chi connectivity index (χ0) is 22.7. The van der Waals surface area contributed by atoms with Crippen molar-refractivity contribution in [1.29, 1.82) is 0 Å². The molecule has 0 fully saturated rings. The predicted octanol–water partition coefficient (Wildman–Crippen LogP) is 7.03. The van der Waals surface area contributed by atoms with Crippen molar-refractivity contribution in [2.24, 2.45) is 10.4 Å². The Labute approximate surface area is 187 Å². The van der Waals surface area contributed by atoms with Gasteiger partial charge in [0, 0.05) is 20.3 Å². The number of aromatic nitrogens is 1. The van der Waals surface area contributed by atoms with Crippen molar-refractivity contribution in [2.75, 3.05) is 24.3 Å². The van der Waals surface area contributed by atoms with E-state index in [9.17, 15) is 4.79 Å². The Morgan fingerprint density at radius 3 is 2.40 bits per heavy atom. The topological polar surface area (TPSA) is 57.6 Å². The first-order valence-corrected chi connectivity index (χ1v) is 11.8. The normalized spacial score (nSPS) is 12.5. The lowest BCUT2D eigenvalue weighted by Gasteiger charge is -2.15. The van der Waals surface area contributed by atoms with Crippen molar-refractivity contribution in [3.05, 3.63) is 17.1 Å². The van der Waals surface area contributed by atoms with Crippen LogP contribution in [0.4, 0.5) is 11.4 Å². The third-order valence-corrected chi connectivity index (χ3v) is 5.22. The number of hydrogen-bond acceptors (Lipinski definition) is 5. The average molecular weight is 433 g/mol. The van der Waals surface area contributed by atoms with Crippen molar-refractivity contribution in [3.63, 3.8) is 0 Å². The fourth-order valence-corrected chi connectivity index (χ4v) is 3.84. The van der Waals surface area contributed by atoms with Crippen molar-refractivity contribution in [2.45, 2.75) is 79.7 Å². The first kappa shape index (κ1) is 26.1. The third kappa shape index (κ3) is 8.82. The molecule has 0 spiro atoms. The minimum atomic E-state index is 0.341. The highest BCUT2D eigenvalue weighted by Crippen LogP contribution is 2.38. The molecule has 1 atom stereocenters. The first-order valence-electron chi connectivity index (χ1n) is 10.9.